The third kappa shape index (κ3) is 5.57. The van der Waals surface area contributed by atoms with Gasteiger partial charge < -0.3 is 15.0 Å². The van der Waals surface area contributed by atoms with Crippen molar-refractivity contribution in [1.82, 2.24) is 4.98 Å². The van der Waals surface area contributed by atoms with Crippen LogP contribution in [0.25, 0.3) is 0 Å². The van der Waals surface area contributed by atoms with E-state index in [2.05, 4.69) is 10.3 Å². The Morgan fingerprint density at radius 3 is 2.49 bits per heavy atom. The average Bonchev–Trinajstić information content (AvgIpc) is 3.46. The first-order valence-corrected chi connectivity index (χ1v) is 14.7. The molecule has 6 rings (SSSR count). The van der Waals surface area contributed by atoms with Gasteiger partial charge in [-0.3, -0.25) is 19.2 Å². The number of benzene rings is 3. The topological polar surface area (TPSA) is 109 Å². The van der Waals surface area contributed by atoms with Gasteiger partial charge in [-0.15, -0.1) is 0 Å². The summed E-state index contributed by atoms with van der Waals surface area (Å²) in [6, 6.07) is 18.0. The molecule has 3 aromatic carbocycles. The summed E-state index contributed by atoms with van der Waals surface area (Å²) >= 11 is 2.14. The van der Waals surface area contributed by atoms with Crippen LogP contribution in [0.1, 0.15) is 27.5 Å². The molecule has 3 unspecified atom stereocenters. The van der Waals surface area contributed by atoms with Gasteiger partial charge in [0.15, 0.2) is 6.61 Å². The van der Waals surface area contributed by atoms with E-state index >= 15 is 0 Å². The number of hydrogen-bond donors (Lipinski definition) is 2. The first kappa shape index (κ1) is 28.7. The summed E-state index contributed by atoms with van der Waals surface area (Å²) in [6.07, 6.45) is -4.55. The number of nitrogens with one attached hydrogen (secondary N) is 2. The van der Waals surface area contributed by atoms with E-state index in [1.54, 1.807) is 36.4 Å². The second-order valence-corrected chi connectivity index (χ2v) is 12.3. The number of aromatic nitrogens is 1. The van der Waals surface area contributed by atoms with Crippen molar-refractivity contribution in [2.75, 3.05) is 16.8 Å². The highest BCUT2D eigenvalue weighted by Gasteiger charge is 2.56. The van der Waals surface area contributed by atoms with Crippen LogP contribution in [-0.2, 0) is 20.6 Å². The lowest BCUT2D eigenvalue weighted by molar-refractivity contribution is -0.137. The molecule has 1 fully saturated rings. The smallest absolute Gasteiger partial charge is 0.416 e. The highest BCUT2D eigenvalue weighted by atomic mass is 32.2. The summed E-state index contributed by atoms with van der Waals surface area (Å²) in [7, 11) is 0. The third-order valence-corrected chi connectivity index (χ3v) is 9.58. The molecule has 220 valence electrons. The first-order valence-electron chi connectivity index (χ1n) is 13.0. The normalized spacial score (nSPS) is 19.6. The van der Waals surface area contributed by atoms with Crippen molar-refractivity contribution in [2.24, 2.45) is 5.92 Å². The summed E-state index contributed by atoms with van der Waals surface area (Å²) in [5, 5.41) is 2.15. The number of hydrogen-bond acceptors (Lipinski definition) is 7. The van der Waals surface area contributed by atoms with E-state index in [1.807, 2.05) is 19.1 Å². The monoisotopic (exact) mass is 625 g/mol. The number of carbonyl (C=O) groups is 3. The fraction of sp³-hybridized carbons (Fsp3) is 0.200. The Kier molecular flexibility index (Phi) is 7.38. The van der Waals surface area contributed by atoms with Gasteiger partial charge in [-0.25, -0.2) is 4.90 Å². The summed E-state index contributed by atoms with van der Waals surface area (Å²) in [4.78, 5) is 56.5. The van der Waals surface area contributed by atoms with Crippen LogP contribution < -0.4 is 19.8 Å². The number of thiazole rings is 1. The Morgan fingerprint density at radius 2 is 1.74 bits per heavy atom. The Hall–Kier alpha value is -4.36. The quantitative estimate of drug-likeness (QED) is 0.271. The molecule has 0 radical (unpaired) electrons. The first-order chi connectivity index (χ1) is 20.5. The van der Waals surface area contributed by atoms with Crippen LogP contribution in [-0.4, -0.2) is 34.6 Å². The van der Waals surface area contributed by atoms with Gasteiger partial charge in [0, 0.05) is 16.5 Å². The average molecular weight is 626 g/mol. The number of ether oxygens (including phenoxy) is 1. The zero-order valence-electron chi connectivity index (χ0n) is 22.3. The van der Waals surface area contributed by atoms with Crippen molar-refractivity contribution in [3.05, 3.63) is 104 Å². The Morgan fingerprint density at radius 1 is 1.00 bits per heavy atom. The summed E-state index contributed by atoms with van der Waals surface area (Å²) in [6.45, 7) is 1.41. The molecule has 1 saturated heterocycles. The molecule has 0 saturated carbocycles. The van der Waals surface area contributed by atoms with Crippen LogP contribution in [0, 0.1) is 12.8 Å². The van der Waals surface area contributed by atoms with Gasteiger partial charge in [-0.05, 0) is 55.0 Å². The predicted molar refractivity (Wildman–Crippen MR) is 156 cm³/mol. The fourth-order valence-corrected chi connectivity index (χ4v) is 7.76. The summed E-state index contributed by atoms with van der Waals surface area (Å²) < 4.78 is 44.7. The molecule has 43 heavy (non-hydrogen) atoms. The lowest BCUT2D eigenvalue weighted by Gasteiger charge is -2.30. The van der Waals surface area contributed by atoms with Gasteiger partial charge in [0.05, 0.1) is 22.2 Å². The molecule has 2 aliphatic rings. The largest absolute Gasteiger partial charge is 0.484 e. The molecular weight excluding hydrogens is 603 g/mol. The second-order valence-electron chi connectivity index (χ2n) is 10.1. The Bertz CT molecular complexity index is 1800. The zero-order valence-corrected chi connectivity index (χ0v) is 23.9. The molecule has 0 aliphatic carbocycles. The van der Waals surface area contributed by atoms with E-state index in [1.165, 1.54) is 28.8 Å². The molecule has 8 nitrogen and oxygen atoms in total. The molecule has 13 heteroatoms. The van der Waals surface area contributed by atoms with Crippen LogP contribution in [0.5, 0.6) is 5.75 Å². The number of halogens is 3. The van der Waals surface area contributed by atoms with E-state index < -0.39 is 41.3 Å². The number of imide groups is 1. The van der Waals surface area contributed by atoms with E-state index in [4.69, 9.17) is 4.74 Å². The maximum absolute atomic E-state index is 13.8. The van der Waals surface area contributed by atoms with Crippen LogP contribution >= 0.6 is 23.1 Å². The van der Waals surface area contributed by atoms with Crippen molar-refractivity contribution in [3.8, 4) is 5.75 Å². The number of thioether (sulfide) groups is 1. The van der Waals surface area contributed by atoms with Crippen LogP contribution in [0.2, 0.25) is 0 Å². The van der Waals surface area contributed by atoms with Crippen LogP contribution in [0.4, 0.5) is 24.5 Å². The van der Waals surface area contributed by atoms with Gasteiger partial charge in [0.2, 0.25) is 11.8 Å². The number of fused-ring (bicyclic) bond motifs is 2. The van der Waals surface area contributed by atoms with Gasteiger partial charge in [-0.2, -0.15) is 13.2 Å². The zero-order chi connectivity index (χ0) is 30.5. The molecule has 3 atom stereocenters. The third-order valence-electron chi connectivity index (χ3n) is 7.18. The minimum absolute atomic E-state index is 0.0274. The highest BCUT2D eigenvalue weighted by Crippen LogP contribution is 2.53. The molecule has 4 aromatic rings. The molecule has 2 aliphatic heterocycles. The van der Waals surface area contributed by atoms with Gasteiger partial charge in [-0.1, -0.05) is 59.0 Å². The minimum Gasteiger partial charge on any atom is -0.484 e. The lowest BCUT2D eigenvalue weighted by Crippen LogP contribution is -2.32. The number of rotatable bonds is 6. The molecule has 0 bridgehead atoms. The van der Waals surface area contributed by atoms with Gasteiger partial charge in [0.1, 0.15) is 11.0 Å². The molecule has 3 heterocycles. The van der Waals surface area contributed by atoms with Gasteiger partial charge >= 0.3 is 11.0 Å². The van der Waals surface area contributed by atoms with E-state index in [0.29, 0.717) is 21.2 Å². The van der Waals surface area contributed by atoms with Crippen molar-refractivity contribution < 1.29 is 32.3 Å². The molecule has 1 aromatic heterocycles. The predicted octanol–water partition coefficient (Wildman–Crippen LogP) is 5.58. The maximum atomic E-state index is 13.8. The van der Waals surface area contributed by atoms with Crippen molar-refractivity contribution in [3.63, 3.8) is 0 Å². The SMILES string of the molecule is Cc1ccc(N2C(=O)C3Sc4[nH]c(=O)sc4C(c4cccc(OCC(=O)Nc5cccc(C(F)(F)F)c5)c4)C3C2=O)cc1. The lowest BCUT2D eigenvalue weighted by atomic mass is 9.83. The van der Waals surface area contributed by atoms with Crippen LogP contribution in [0.3, 0.4) is 0 Å². The molecular formula is C30H22F3N3O5S2. The van der Waals surface area contributed by atoms with Crippen molar-refractivity contribution >= 4 is 52.2 Å². The summed E-state index contributed by atoms with van der Waals surface area (Å²) in [5.74, 6) is -2.59. The summed E-state index contributed by atoms with van der Waals surface area (Å²) in [5.41, 5.74) is 1.13. The number of aromatic amines is 1. The number of nitrogens with zero attached hydrogens (tertiary/aromatic N) is 1. The Balaban J connectivity index is 1.25. The van der Waals surface area contributed by atoms with E-state index in [0.717, 1.165) is 29.0 Å². The molecule has 0 spiro atoms. The van der Waals surface area contributed by atoms with Gasteiger partial charge in [0.25, 0.3) is 5.91 Å². The second kappa shape index (κ2) is 11.0. The number of H-pyrrole nitrogens is 1. The number of carbonyl (C=O) groups excluding carboxylic acids is 3. The Labute approximate surface area is 250 Å². The minimum atomic E-state index is -4.55. The van der Waals surface area contributed by atoms with Crippen molar-refractivity contribution in [2.45, 2.75) is 29.3 Å². The molecule has 3 amide bonds. The van der Waals surface area contributed by atoms with E-state index in [9.17, 15) is 32.3 Å². The fourth-order valence-electron chi connectivity index (χ4n) is 5.24. The number of aryl methyl sites for hydroxylation is 1. The van der Waals surface area contributed by atoms with Crippen molar-refractivity contribution in [1.29, 1.82) is 0 Å². The maximum Gasteiger partial charge on any atom is 0.416 e. The standard InChI is InChI=1S/C30H22F3N3O5S2/c1-15-8-10-19(11-9-15)36-27(38)23-22(24-26(35-29(40)43-24)42-25(23)28(36)39)16-4-2-7-20(12-16)41-14-21(37)34-18-6-3-5-17(13-18)30(31,32)33/h2-13,22-23,25H,14H2,1H3,(H,34,37)(H,35,40). The number of anilines is 2. The van der Waals surface area contributed by atoms with E-state index in [-0.39, 0.29) is 28.1 Å². The highest BCUT2D eigenvalue weighted by molar-refractivity contribution is 8.00. The van der Waals surface area contributed by atoms with Crippen LogP contribution in [0.15, 0.2) is 82.6 Å². The molecule has 2 N–H and O–H groups in total. The number of amides is 3. The number of alkyl halides is 3.